The number of carbonyl (C=O) groups is 2. The Balaban J connectivity index is 1.52. The molecule has 41 heavy (non-hydrogen) atoms. The molecular formula is C32H28FN5O3. The van der Waals surface area contributed by atoms with Crippen molar-refractivity contribution in [1.82, 2.24) is 19.7 Å². The van der Waals surface area contributed by atoms with Gasteiger partial charge >= 0.3 is 0 Å². The molecule has 0 aliphatic heterocycles. The summed E-state index contributed by atoms with van der Waals surface area (Å²) in [5.74, 6) is -2.18. The first-order valence-corrected chi connectivity index (χ1v) is 13.0. The van der Waals surface area contributed by atoms with Gasteiger partial charge in [0.2, 0.25) is 5.91 Å². The third-order valence-corrected chi connectivity index (χ3v) is 6.97. The Morgan fingerprint density at radius 2 is 1.49 bits per heavy atom. The van der Waals surface area contributed by atoms with Gasteiger partial charge in [-0.15, -0.1) is 0 Å². The number of amides is 2. The van der Waals surface area contributed by atoms with Gasteiger partial charge in [0, 0.05) is 43.5 Å². The van der Waals surface area contributed by atoms with Crippen LogP contribution in [0.2, 0.25) is 0 Å². The number of halogens is 1. The fraction of sp³-hybridized carbons (Fsp3) is 0.125. The van der Waals surface area contributed by atoms with Crippen LogP contribution in [0.15, 0.2) is 114 Å². The highest BCUT2D eigenvalue weighted by Gasteiger charge is 2.33. The van der Waals surface area contributed by atoms with Crippen LogP contribution in [0.1, 0.15) is 27.5 Å². The average molecular weight is 550 g/mol. The highest BCUT2D eigenvalue weighted by atomic mass is 19.1. The van der Waals surface area contributed by atoms with Gasteiger partial charge in [0.25, 0.3) is 11.5 Å². The summed E-state index contributed by atoms with van der Waals surface area (Å²) in [6.07, 6.45) is 1.50. The fourth-order valence-corrected chi connectivity index (χ4v) is 4.87. The van der Waals surface area contributed by atoms with Crippen molar-refractivity contribution in [3.63, 3.8) is 0 Å². The Bertz CT molecular complexity index is 1710. The molecule has 2 aromatic heterocycles. The lowest BCUT2D eigenvalue weighted by Gasteiger charge is -2.28. The molecule has 1 unspecified atom stereocenters. The van der Waals surface area contributed by atoms with Gasteiger partial charge in [-0.2, -0.15) is 5.10 Å². The second kappa shape index (κ2) is 11.8. The quantitative estimate of drug-likeness (QED) is 0.298. The summed E-state index contributed by atoms with van der Waals surface area (Å²) >= 11 is 0. The van der Waals surface area contributed by atoms with Crippen molar-refractivity contribution >= 4 is 17.5 Å². The van der Waals surface area contributed by atoms with Crippen LogP contribution in [0.25, 0.3) is 11.3 Å². The minimum Gasteiger partial charge on any atom is -0.338 e. The summed E-state index contributed by atoms with van der Waals surface area (Å²) in [5.41, 5.74) is 2.48. The minimum atomic E-state index is -1.07. The van der Waals surface area contributed by atoms with Gasteiger partial charge in [-0.1, -0.05) is 66.7 Å². The number of nitrogens with one attached hydrogen (secondary N) is 2. The van der Waals surface area contributed by atoms with E-state index >= 15 is 4.39 Å². The lowest BCUT2D eigenvalue weighted by molar-refractivity contribution is -0.118. The zero-order chi connectivity index (χ0) is 28.9. The lowest BCUT2D eigenvalue weighted by Crippen LogP contribution is -2.48. The Morgan fingerprint density at radius 3 is 2.07 bits per heavy atom. The number of anilines is 1. The van der Waals surface area contributed by atoms with Gasteiger partial charge in [-0.05, 0) is 41.5 Å². The fourth-order valence-electron chi connectivity index (χ4n) is 4.87. The molecule has 0 aliphatic carbocycles. The van der Waals surface area contributed by atoms with Crippen LogP contribution in [-0.2, 0) is 18.9 Å². The Labute approximate surface area is 236 Å². The maximum atomic E-state index is 15.3. The summed E-state index contributed by atoms with van der Waals surface area (Å²) in [5, 5.41) is 9.75. The smallest absolute Gasteiger partial charge is 0.270 e. The van der Waals surface area contributed by atoms with E-state index in [1.165, 1.54) is 33.6 Å². The Morgan fingerprint density at radius 1 is 0.829 bits per heavy atom. The zero-order valence-electron chi connectivity index (χ0n) is 22.5. The van der Waals surface area contributed by atoms with Crippen molar-refractivity contribution in [3.05, 3.63) is 142 Å². The number of pyridine rings is 1. The van der Waals surface area contributed by atoms with Crippen molar-refractivity contribution in [2.45, 2.75) is 12.0 Å². The molecule has 5 aromatic rings. The maximum absolute atomic E-state index is 15.3. The third kappa shape index (κ3) is 5.84. The summed E-state index contributed by atoms with van der Waals surface area (Å²) in [7, 11) is 3.21. The second-order valence-corrected chi connectivity index (χ2v) is 9.58. The molecular weight excluding hydrogens is 521 g/mol. The molecule has 2 N–H and O–H groups in total. The van der Waals surface area contributed by atoms with E-state index in [9.17, 15) is 14.4 Å². The van der Waals surface area contributed by atoms with Crippen LogP contribution in [0.3, 0.4) is 0 Å². The number of benzene rings is 3. The highest BCUT2D eigenvalue weighted by molar-refractivity contribution is 6.01. The molecule has 0 fully saturated rings. The van der Waals surface area contributed by atoms with E-state index < -0.39 is 29.6 Å². The maximum Gasteiger partial charge on any atom is 0.270 e. The molecule has 0 saturated carbocycles. The monoisotopic (exact) mass is 549 g/mol. The van der Waals surface area contributed by atoms with Gasteiger partial charge < -0.3 is 15.2 Å². The van der Waals surface area contributed by atoms with Crippen LogP contribution >= 0.6 is 0 Å². The van der Waals surface area contributed by atoms with Crippen LogP contribution < -0.4 is 16.2 Å². The normalized spacial score (nSPS) is 11.7. The van der Waals surface area contributed by atoms with Crippen LogP contribution in [0.5, 0.6) is 0 Å². The molecule has 0 radical (unpaired) electrons. The summed E-state index contributed by atoms with van der Waals surface area (Å²) in [6, 6.07) is 28.2. The highest BCUT2D eigenvalue weighted by Crippen LogP contribution is 2.30. The molecule has 2 amide bonds. The van der Waals surface area contributed by atoms with Crippen molar-refractivity contribution < 1.29 is 14.0 Å². The van der Waals surface area contributed by atoms with Gasteiger partial charge in [-0.3, -0.25) is 19.1 Å². The largest absolute Gasteiger partial charge is 0.338 e. The van der Waals surface area contributed by atoms with Crippen LogP contribution in [-0.4, -0.2) is 32.2 Å². The molecule has 0 bridgehead atoms. The Hall–Kier alpha value is -5.31. The number of hydrogen-bond acceptors (Lipinski definition) is 4. The van der Waals surface area contributed by atoms with E-state index in [2.05, 4.69) is 15.7 Å². The standard InChI is InChI=1S/C32H28FN5O3/c1-37-26(14-9-15-28(37)39)24-17-16-23(20-25(24)33)35-32(41)30(36-31(40)27-18-19-34-38(27)2)29(21-10-5-3-6-11-21)22-12-7-4-8-13-22/h3-20,29-30H,1-2H3,(H,35,41)(H,36,40). The van der Waals surface area contributed by atoms with E-state index in [0.717, 1.165) is 11.1 Å². The molecule has 0 spiro atoms. The third-order valence-electron chi connectivity index (χ3n) is 6.97. The zero-order valence-corrected chi connectivity index (χ0v) is 22.5. The predicted molar refractivity (Wildman–Crippen MR) is 155 cm³/mol. The van der Waals surface area contributed by atoms with E-state index in [-0.39, 0.29) is 22.5 Å². The topological polar surface area (TPSA) is 98.0 Å². The molecule has 8 nitrogen and oxygen atoms in total. The van der Waals surface area contributed by atoms with Crippen LogP contribution in [0.4, 0.5) is 10.1 Å². The van der Waals surface area contributed by atoms with Crippen molar-refractivity contribution in [3.8, 4) is 11.3 Å². The van der Waals surface area contributed by atoms with Gasteiger partial charge in [0.1, 0.15) is 17.6 Å². The number of nitrogens with zero attached hydrogens (tertiary/aromatic N) is 3. The van der Waals surface area contributed by atoms with Crippen molar-refractivity contribution in [2.75, 3.05) is 5.32 Å². The number of rotatable bonds is 8. The second-order valence-electron chi connectivity index (χ2n) is 9.58. The number of aryl methyl sites for hydroxylation is 1. The van der Waals surface area contributed by atoms with Gasteiger partial charge in [-0.25, -0.2) is 4.39 Å². The van der Waals surface area contributed by atoms with Crippen molar-refractivity contribution in [1.29, 1.82) is 0 Å². The SMILES string of the molecule is Cn1nccc1C(=O)NC(C(=O)Nc1ccc(-c2cccc(=O)n2C)c(F)c1)C(c1ccccc1)c1ccccc1. The molecule has 5 rings (SSSR count). The molecule has 206 valence electrons. The predicted octanol–water partition coefficient (Wildman–Crippen LogP) is 4.49. The van der Waals surface area contributed by atoms with E-state index in [0.29, 0.717) is 5.69 Å². The molecule has 0 aliphatic rings. The first-order chi connectivity index (χ1) is 19.8. The van der Waals surface area contributed by atoms with Crippen LogP contribution in [0, 0.1) is 5.82 Å². The summed E-state index contributed by atoms with van der Waals surface area (Å²) in [6.45, 7) is 0. The summed E-state index contributed by atoms with van der Waals surface area (Å²) in [4.78, 5) is 39.3. The van der Waals surface area contributed by atoms with Gasteiger partial charge in [0.15, 0.2) is 0 Å². The number of carbonyl (C=O) groups excluding carboxylic acids is 2. The van der Waals surface area contributed by atoms with Crippen molar-refractivity contribution in [2.24, 2.45) is 14.1 Å². The van der Waals surface area contributed by atoms with E-state index in [1.54, 1.807) is 38.4 Å². The summed E-state index contributed by atoms with van der Waals surface area (Å²) < 4.78 is 18.1. The van der Waals surface area contributed by atoms with E-state index in [1.807, 2.05) is 60.7 Å². The van der Waals surface area contributed by atoms with Gasteiger partial charge in [0.05, 0.1) is 5.69 Å². The molecule has 0 saturated heterocycles. The molecule has 1 atom stereocenters. The van der Waals surface area contributed by atoms with E-state index in [4.69, 9.17) is 0 Å². The first-order valence-electron chi connectivity index (χ1n) is 13.0. The lowest BCUT2D eigenvalue weighted by atomic mass is 9.84. The Kier molecular flexibility index (Phi) is 7.87. The molecule has 9 heteroatoms. The number of hydrogen-bond donors (Lipinski definition) is 2. The molecule has 2 heterocycles. The minimum absolute atomic E-state index is 0.205. The molecule has 3 aromatic carbocycles. The number of aromatic nitrogens is 3. The average Bonchev–Trinajstić information content (AvgIpc) is 3.41. The first kappa shape index (κ1) is 27.3.